The van der Waals surface area contributed by atoms with E-state index in [4.69, 9.17) is 17.3 Å². The second kappa shape index (κ2) is 5.72. The van der Waals surface area contributed by atoms with Crippen LogP contribution in [0.3, 0.4) is 0 Å². The Hall–Kier alpha value is -0.730. The van der Waals surface area contributed by atoms with E-state index in [1.54, 1.807) is 0 Å². The highest BCUT2D eigenvalue weighted by Crippen LogP contribution is 2.39. The van der Waals surface area contributed by atoms with Crippen molar-refractivity contribution in [1.82, 2.24) is 0 Å². The standard InChI is InChI=1S/C16H23ClN2/c17-14-7-8-16(13(10-14)11-18)19-9-3-5-12-4-1-2-6-15(12)19/h7-8,10,12,15H,1-6,9,11,18H2/t12-,15-/m1/s1. The van der Waals surface area contributed by atoms with Crippen LogP contribution < -0.4 is 10.6 Å². The lowest BCUT2D eigenvalue weighted by Crippen LogP contribution is -2.47. The molecule has 2 N–H and O–H groups in total. The fraction of sp³-hybridized carbons (Fsp3) is 0.625. The minimum Gasteiger partial charge on any atom is -0.368 e. The SMILES string of the molecule is NCc1cc(Cl)ccc1N1CCC[C@H]2CCCC[C@H]21. The first-order valence-corrected chi connectivity index (χ1v) is 7.92. The highest BCUT2D eigenvalue weighted by molar-refractivity contribution is 6.30. The lowest BCUT2D eigenvalue weighted by Gasteiger charge is -2.46. The summed E-state index contributed by atoms with van der Waals surface area (Å²) in [6.07, 6.45) is 8.27. The predicted octanol–water partition coefficient (Wildman–Crippen LogP) is 3.96. The number of benzene rings is 1. The van der Waals surface area contributed by atoms with Gasteiger partial charge in [0, 0.05) is 29.8 Å². The molecule has 2 aliphatic rings. The number of piperidine rings is 1. The second-order valence-electron chi connectivity index (χ2n) is 5.92. The molecular formula is C16H23ClN2. The van der Waals surface area contributed by atoms with Crippen molar-refractivity contribution in [2.24, 2.45) is 11.7 Å². The van der Waals surface area contributed by atoms with Gasteiger partial charge < -0.3 is 10.6 Å². The van der Waals surface area contributed by atoms with Gasteiger partial charge in [-0.1, -0.05) is 24.4 Å². The lowest BCUT2D eigenvalue weighted by atomic mass is 9.78. The van der Waals surface area contributed by atoms with Gasteiger partial charge in [0.2, 0.25) is 0 Å². The van der Waals surface area contributed by atoms with Crippen molar-refractivity contribution in [1.29, 1.82) is 0 Å². The molecule has 1 aliphatic heterocycles. The van der Waals surface area contributed by atoms with Crippen LogP contribution in [0.1, 0.15) is 44.1 Å². The number of anilines is 1. The Morgan fingerprint density at radius 2 is 1.95 bits per heavy atom. The summed E-state index contributed by atoms with van der Waals surface area (Å²) in [6.45, 7) is 1.75. The Kier molecular flexibility index (Phi) is 3.99. The van der Waals surface area contributed by atoms with Gasteiger partial charge in [-0.15, -0.1) is 0 Å². The van der Waals surface area contributed by atoms with Crippen molar-refractivity contribution in [3.63, 3.8) is 0 Å². The van der Waals surface area contributed by atoms with Crippen molar-refractivity contribution < 1.29 is 0 Å². The zero-order valence-electron chi connectivity index (χ0n) is 11.4. The Morgan fingerprint density at radius 1 is 1.16 bits per heavy atom. The lowest BCUT2D eigenvalue weighted by molar-refractivity contribution is 0.243. The summed E-state index contributed by atoms with van der Waals surface area (Å²) in [5, 5.41) is 0.793. The van der Waals surface area contributed by atoms with Crippen molar-refractivity contribution in [2.75, 3.05) is 11.4 Å². The molecule has 0 bridgehead atoms. The van der Waals surface area contributed by atoms with Gasteiger partial charge in [-0.3, -0.25) is 0 Å². The highest BCUT2D eigenvalue weighted by atomic mass is 35.5. The average Bonchev–Trinajstić information content (AvgIpc) is 2.46. The Balaban J connectivity index is 1.91. The summed E-state index contributed by atoms with van der Waals surface area (Å²) < 4.78 is 0. The highest BCUT2D eigenvalue weighted by Gasteiger charge is 2.33. The van der Waals surface area contributed by atoms with Gasteiger partial charge in [-0.25, -0.2) is 0 Å². The van der Waals surface area contributed by atoms with E-state index in [1.165, 1.54) is 56.3 Å². The summed E-state index contributed by atoms with van der Waals surface area (Å²) in [7, 11) is 0. The van der Waals surface area contributed by atoms with Crippen LogP contribution in [0.2, 0.25) is 5.02 Å². The third-order valence-electron chi connectivity index (χ3n) is 4.81. The molecule has 1 saturated heterocycles. The minimum atomic E-state index is 0.573. The number of nitrogens with two attached hydrogens (primary N) is 1. The van der Waals surface area contributed by atoms with E-state index in [1.807, 2.05) is 12.1 Å². The van der Waals surface area contributed by atoms with Gasteiger partial charge in [0.15, 0.2) is 0 Å². The average molecular weight is 279 g/mol. The number of fused-ring (bicyclic) bond motifs is 1. The minimum absolute atomic E-state index is 0.573. The fourth-order valence-corrected chi connectivity index (χ4v) is 4.12. The van der Waals surface area contributed by atoms with Crippen LogP contribution in [0, 0.1) is 5.92 Å². The summed E-state index contributed by atoms with van der Waals surface area (Å²) in [6, 6.07) is 6.93. The van der Waals surface area contributed by atoms with E-state index in [-0.39, 0.29) is 0 Å². The van der Waals surface area contributed by atoms with Crippen molar-refractivity contribution >= 4 is 17.3 Å². The van der Waals surface area contributed by atoms with Crippen LogP contribution in [0.4, 0.5) is 5.69 Å². The number of nitrogens with zero attached hydrogens (tertiary/aromatic N) is 1. The zero-order chi connectivity index (χ0) is 13.2. The quantitative estimate of drug-likeness (QED) is 0.887. The van der Waals surface area contributed by atoms with Crippen LogP contribution >= 0.6 is 11.6 Å². The molecule has 0 spiro atoms. The van der Waals surface area contributed by atoms with Crippen molar-refractivity contribution in [2.45, 2.75) is 51.1 Å². The van der Waals surface area contributed by atoms with Crippen LogP contribution in [-0.4, -0.2) is 12.6 Å². The van der Waals surface area contributed by atoms with Crippen LogP contribution in [0.15, 0.2) is 18.2 Å². The predicted molar refractivity (Wildman–Crippen MR) is 81.7 cm³/mol. The van der Waals surface area contributed by atoms with E-state index in [2.05, 4.69) is 11.0 Å². The van der Waals surface area contributed by atoms with E-state index in [0.29, 0.717) is 6.54 Å². The number of hydrogen-bond donors (Lipinski definition) is 1. The van der Waals surface area contributed by atoms with Gasteiger partial charge in [0.25, 0.3) is 0 Å². The third kappa shape index (κ3) is 2.61. The molecule has 0 aromatic heterocycles. The van der Waals surface area contributed by atoms with Crippen molar-refractivity contribution in [3.8, 4) is 0 Å². The van der Waals surface area contributed by atoms with E-state index >= 15 is 0 Å². The molecule has 1 saturated carbocycles. The molecule has 3 rings (SSSR count). The molecule has 3 heteroatoms. The van der Waals surface area contributed by atoms with Crippen LogP contribution in [-0.2, 0) is 6.54 Å². The number of halogens is 1. The molecule has 0 radical (unpaired) electrons. The smallest absolute Gasteiger partial charge is 0.0415 e. The van der Waals surface area contributed by atoms with Gasteiger partial charge in [-0.05, 0) is 55.4 Å². The Labute approximate surface area is 120 Å². The molecule has 2 atom stereocenters. The van der Waals surface area contributed by atoms with Crippen molar-refractivity contribution in [3.05, 3.63) is 28.8 Å². The topological polar surface area (TPSA) is 29.3 Å². The first-order valence-electron chi connectivity index (χ1n) is 7.54. The summed E-state index contributed by atoms with van der Waals surface area (Å²) >= 11 is 6.10. The second-order valence-corrected chi connectivity index (χ2v) is 6.36. The first kappa shape index (κ1) is 13.3. The molecule has 2 nitrogen and oxygen atoms in total. The maximum Gasteiger partial charge on any atom is 0.0415 e. The maximum absolute atomic E-state index is 6.10. The van der Waals surface area contributed by atoms with Gasteiger partial charge >= 0.3 is 0 Å². The molecule has 0 amide bonds. The zero-order valence-corrected chi connectivity index (χ0v) is 12.2. The van der Waals surface area contributed by atoms with E-state index in [0.717, 1.165) is 17.0 Å². The molecule has 104 valence electrons. The largest absolute Gasteiger partial charge is 0.368 e. The third-order valence-corrected chi connectivity index (χ3v) is 5.05. The van der Waals surface area contributed by atoms with E-state index in [9.17, 15) is 0 Å². The van der Waals surface area contributed by atoms with Gasteiger partial charge in [0.1, 0.15) is 0 Å². The molecule has 1 aromatic carbocycles. The van der Waals surface area contributed by atoms with Gasteiger partial charge in [0.05, 0.1) is 0 Å². The molecule has 1 heterocycles. The summed E-state index contributed by atoms with van der Waals surface area (Å²) in [5.41, 5.74) is 8.42. The monoisotopic (exact) mass is 278 g/mol. The van der Waals surface area contributed by atoms with Gasteiger partial charge in [-0.2, -0.15) is 0 Å². The van der Waals surface area contributed by atoms with Crippen LogP contribution in [0.5, 0.6) is 0 Å². The first-order chi connectivity index (χ1) is 9.29. The molecule has 19 heavy (non-hydrogen) atoms. The summed E-state index contributed by atoms with van der Waals surface area (Å²) in [4.78, 5) is 2.62. The number of rotatable bonds is 2. The normalized spacial score (nSPS) is 27.2. The van der Waals surface area contributed by atoms with Crippen LogP contribution in [0.25, 0.3) is 0 Å². The summed E-state index contributed by atoms with van der Waals surface area (Å²) in [5.74, 6) is 0.892. The molecule has 1 aromatic rings. The fourth-order valence-electron chi connectivity index (χ4n) is 3.92. The maximum atomic E-state index is 6.10. The van der Waals surface area contributed by atoms with E-state index < -0.39 is 0 Å². The Bertz CT molecular complexity index is 444. The molecule has 2 fully saturated rings. The number of hydrogen-bond acceptors (Lipinski definition) is 2. The Morgan fingerprint density at radius 3 is 2.79 bits per heavy atom. The molecular weight excluding hydrogens is 256 g/mol. The molecule has 1 aliphatic carbocycles. The molecule has 0 unspecified atom stereocenters.